The molecule has 4 heterocycles. The van der Waals surface area contributed by atoms with E-state index in [2.05, 4.69) is 20.8 Å². The predicted octanol–water partition coefficient (Wildman–Crippen LogP) is 3.79. The molecule has 3 aliphatic heterocycles. The van der Waals surface area contributed by atoms with Crippen LogP contribution >= 0.6 is 11.3 Å². The van der Waals surface area contributed by atoms with E-state index < -0.39 is 17.7 Å². The van der Waals surface area contributed by atoms with Gasteiger partial charge in [0.25, 0.3) is 5.91 Å². The highest BCUT2D eigenvalue weighted by Crippen LogP contribution is 2.52. The molecular weight excluding hydrogens is 412 g/mol. The van der Waals surface area contributed by atoms with Crippen LogP contribution in [0.4, 0.5) is 5.00 Å². The van der Waals surface area contributed by atoms with Crippen molar-refractivity contribution < 1.29 is 19.1 Å². The van der Waals surface area contributed by atoms with E-state index in [-0.39, 0.29) is 35.0 Å². The van der Waals surface area contributed by atoms with Gasteiger partial charge in [-0.1, -0.05) is 45.0 Å². The fourth-order valence-corrected chi connectivity index (χ4v) is 6.50. The van der Waals surface area contributed by atoms with Gasteiger partial charge in [-0.05, 0) is 36.3 Å². The molecule has 1 aromatic carbocycles. The maximum atomic E-state index is 13.3. The number of imide groups is 1. The van der Waals surface area contributed by atoms with Crippen LogP contribution in [0.15, 0.2) is 24.3 Å². The van der Waals surface area contributed by atoms with Crippen LogP contribution in [0.3, 0.4) is 0 Å². The Morgan fingerprint density at radius 2 is 1.61 bits per heavy atom. The summed E-state index contributed by atoms with van der Waals surface area (Å²) in [4.78, 5) is 41.1. The second-order valence-corrected chi connectivity index (χ2v) is 11.0. The lowest BCUT2D eigenvalue weighted by molar-refractivity contribution is -0.124. The van der Waals surface area contributed by atoms with Gasteiger partial charge in [0.05, 0.1) is 29.6 Å². The number of primary amides is 1. The van der Waals surface area contributed by atoms with Gasteiger partial charge in [0.2, 0.25) is 11.8 Å². The molecule has 5 rings (SSSR count). The Bertz CT molecular complexity index is 1080. The minimum atomic E-state index is -0.633. The summed E-state index contributed by atoms with van der Waals surface area (Å²) in [5, 5.41) is 0.351. The molecule has 7 heteroatoms. The summed E-state index contributed by atoms with van der Waals surface area (Å²) in [6.45, 7) is 8.32. The molecule has 2 bridgehead atoms. The number of benzene rings is 1. The lowest BCUT2D eigenvalue weighted by atomic mass is 9.81. The fourth-order valence-electron chi connectivity index (χ4n) is 5.31. The smallest absolute Gasteiger partial charge is 0.252 e. The summed E-state index contributed by atoms with van der Waals surface area (Å²) in [5.74, 6) is -2.04. The van der Waals surface area contributed by atoms with Gasteiger partial charge < -0.3 is 10.5 Å². The van der Waals surface area contributed by atoms with Crippen molar-refractivity contribution in [2.75, 3.05) is 4.90 Å². The van der Waals surface area contributed by atoms with Crippen LogP contribution in [-0.2, 0) is 19.7 Å². The number of carbonyl (C=O) groups is 3. The second-order valence-electron chi connectivity index (χ2n) is 9.76. The van der Waals surface area contributed by atoms with Crippen LogP contribution in [0.1, 0.15) is 54.4 Å². The topological polar surface area (TPSA) is 89.7 Å². The number of hydrogen-bond donors (Lipinski definition) is 1. The molecule has 2 aromatic rings. The summed E-state index contributed by atoms with van der Waals surface area (Å²) in [6, 6.07) is 8.04. The number of thiophene rings is 1. The SMILES string of the molecule is Cc1sc(N2C(=O)[C@@H]3[C@@H](C2=O)[C@@H]2CC[C@@H]3O2)c(C(N)=O)c1-c1ccc(C(C)(C)C)cc1. The highest BCUT2D eigenvalue weighted by molar-refractivity contribution is 7.17. The van der Waals surface area contributed by atoms with Gasteiger partial charge in [-0.15, -0.1) is 11.3 Å². The molecule has 6 nitrogen and oxygen atoms in total. The Kier molecular flexibility index (Phi) is 4.44. The van der Waals surface area contributed by atoms with Gasteiger partial charge in [-0.25, -0.2) is 4.90 Å². The number of nitrogens with zero attached hydrogens (tertiary/aromatic N) is 1. The first-order chi connectivity index (χ1) is 14.6. The monoisotopic (exact) mass is 438 g/mol. The third kappa shape index (κ3) is 2.90. The molecule has 3 fully saturated rings. The summed E-state index contributed by atoms with van der Waals surface area (Å²) in [7, 11) is 0. The van der Waals surface area contributed by atoms with Crippen LogP contribution in [0, 0.1) is 18.8 Å². The quantitative estimate of drug-likeness (QED) is 0.739. The summed E-state index contributed by atoms with van der Waals surface area (Å²) in [6.07, 6.45) is 1.21. The van der Waals surface area contributed by atoms with Crippen molar-refractivity contribution >= 4 is 34.1 Å². The van der Waals surface area contributed by atoms with Crippen LogP contribution < -0.4 is 10.6 Å². The van der Waals surface area contributed by atoms with Gasteiger partial charge in [0.15, 0.2) is 0 Å². The van der Waals surface area contributed by atoms with Crippen molar-refractivity contribution in [3.05, 3.63) is 40.3 Å². The Morgan fingerprint density at radius 1 is 1.06 bits per heavy atom. The van der Waals surface area contributed by atoms with Crippen molar-refractivity contribution in [3.8, 4) is 11.1 Å². The third-order valence-corrected chi connectivity index (χ3v) is 7.93. The van der Waals surface area contributed by atoms with E-state index in [0.29, 0.717) is 10.6 Å². The minimum Gasteiger partial charge on any atom is -0.373 e. The molecule has 3 saturated heterocycles. The number of hydrogen-bond acceptors (Lipinski definition) is 5. The molecule has 3 amide bonds. The average molecular weight is 439 g/mol. The first kappa shape index (κ1) is 20.4. The molecule has 0 spiro atoms. The number of aryl methyl sites for hydroxylation is 1. The first-order valence-corrected chi connectivity index (χ1v) is 11.5. The molecular formula is C24H26N2O4S. The Hall–Kier alpha value is -2.51. The summed E-state index contributed by atoms with van der Waals surface area (Å²) >= 11 is 1.28. The van der Waals surface area contributed by atoms with Gasteiger partial charge in [-0.2, -0.15) is 0 Å². The predicted molar refractivity (Wildman–Crippen MR) is 119 cm³/mol. The van der Waals surface area contributed by atoms with E-state index in [1.54, 1.807) is 0 Å². The number of fused-ring (bicyclic) bond motifs is 5. The minimum absolute atomic E-state index is 0.00744. The van der Waals surface area contributed by atoms with Crippen molar-refractivity contribution in [2.45, 2.75) is 58.2 Å². The van der Waals surface area contributed by atoms with Crippen molar-refractivity contribution in [1.29, 1.82) is 0 Å². The third-order valence-electron chi connectivity index (χ3n) is 6.84. The van der Waals surface area contributed by atoms with E-state index in [0.717, 1.165) is 23.3 Å². The Morgan fingerprint density at radius 3 is 2.10 bits per heavy atom. The Balaban J connectivity index is 1.60. The van der Waals surface area contributed by atoms with Gasteiger partial charge in [-0.3, -0.25) is 14.4 Å². The summed E-state index contributed by atoms with van der Waals surface area (Å²) in [5.41, 5.74) is 8.79. The molecule has 0 saturated carbocycles. The first-order valence-electron chi connectivity index (χ1n) is 10.7. The zero-order valence-electron chi connectivity index (χ0n) is 18.1. The standard InChI is InChI=1S/C24H26N2O4S/c1-11-16(12-5-7-13(8-6-12)24(2,3)4)19(20(25)27)23(31-11)26-21(28)17-14-9-10-15(30-14)18(17)22(26)29/h5-8,14-15,17-18H,9-10H2,1-4H3,(H2,25,27)/t14-,15-,17-,18-/m0/s1. The molecule has 0 unspecified atom stereocenters. The van der Waals surface area contributed by atoms with Crippen molar-refractivity contribution in [2.24, 2.45) is 17.6 Å². The molecule has 0 aliphatic carbocycles. The maximum Gasteiger partial charge on any atom is 0.252 e. The van der Waals surface area contributed by atoms with Crippen LogP contribution in [0.5, 0.6) is 0 Å². The molecule has 3 aliphatic rings. The highest BCUT2D eigenvalue weighted by atomic mass is 32.1. The Labute approximate surface area is 185 Å². The van der Waals surface area contributed by atoms with Gasteiger partial charge >= 0.3 is 0 Å². The van der Waals surface area contributed by atoms with E-state index in [9.17, 15) is 14.4 Å². The molecule has 2 N–H and O–H groups in total. The van der Waals surface area contributed by atoms with Gasteiger partial charge in [0, 0.05) is 10.4 Å². The largest absolute Gasteiger partial charge is 0.373 e. The van der Waals surface area contributed by atoms with E-state index >= 15 is 0 Å². The number of carbonyl (C=O) groups excluding carboxylic acids is 3. The molecule has 1 aromatic heterocycles. The fraction of sp³-hybridized carbons (Fsp3) is 0.458. The van der Waals surface area contributed by atoms with Crippen LogP contribution in [0.25, 0.3) is 11.1 Å². The molecule has 4 atom stereocenters. The van der Waals surface area contributed by atoms with Crippen molar-refractivity contribution in [1.82, 2.24) is 0 Å². The molecule has 31 heavy (non-hydrogen) atoms. The zero-order valence-corrected chi connectivity index (χ0v) is 18.9. The number of ether oxygens (including phenoxy) is 1. The number of nitrogens with two attached hydrogens (primary N) is 1. The maximum absolute atomic E-state index is 13.3. The second kappa shape index (κ2) is 6.74. The molecule has 0 radical (unpaired) electrons. The van der Waals surface area contributed by atoms with Gasteiger partial charge in [0.1, 0.15) is 5.00 Å². The van der Waals surface area contributed by atoms with Crippen molar-refractivity contribution in [3.63, 3.8) is 0 Å². The summed E-state index contributed by atoms with van der Waals surface area (Å²) < 4.78 is 5.82. The van der Waals surface area contributed by atoms with E-state index in [4.69, 9.17) is 10.5 Å². The number of amides is 3. The lowest BCUT2D eigenvalue weighted by Crippen LogP contribution is -2.35. The average Bonchev–Trinajstić information content (AvgIpc) is 3.43. The number of anilines is 1. The molecule has 162 valence electrons. The lowest BCUT2D eigenvalue weighted by Gasteiger charge is -2.19. The zero-order chi connectivity index (χ0) is 22.2. The number of rotatable bonds is 3. The highest BCUT2D eigenvalue weighted by Gasteiger charge is 2.63. The van der Waals surface area contributed by atoms with E-state index in [1.165, 1.54) is 21.8 Å². The van der Waals surface area contributed by atoms with Crippen LogP contribution in [-0.4, -0.2) is 29.9 Å². The van der Waals surface area contributed by atoms with Crippen LogP contribution in [0.2, 0.25) is 0 Å². The van der Waals surface area contributed by atoms with E-state index in [1.807, 2.05) is 31.2 Å². The normalized spacial score (nSPS) is 27.3.